The lowest BCUT2D eigenvalue weighted by molar-refractivity contribution is -0.392. The molecule has 0 aromatic carbocycles. The average molecular weight is 623 g/mol. The number of nitrogens with zero attached hydrogens (tertiary/aromatic N) is 1. The molecule has 1 aromatic rings. The fraction of sp³-hybridized carbons (Fsp3) is 0.485. The Morgan fingerprint density at radius 3 is 2.43 bits per heavy atom. The molecule has 3 aliphatic heterocycles. The molecule has 1 unspecified atom stereocenters. The van der Waals surface area contributed by atoms with Gasteiger partial charge in [-0.1, -0.05) is 65.6 Å². The van der Waals surface area contributed by atoms with Crippen LogP contribution in [-0.2, 0) is 32.0 Å². The minimum Gasteiger partial charge on any atom is -0.713 e. The van der Waals surface area contributed by atoms with Crippen LogP contribution in [0.25, 0.3) is 5.32 Å². The number of aliphatic carboxylic acids is 2. The number of carbonyl (C=O) groups excluding carboxylic acids is 2. The van der Waals surface area contributed by atoms with Crippen LogP contribution in [0.4, 0.5) is 0 Å². The summed E-state index contributed by atoms with van der Waals surface area (Å²) in [6.07, 6.45) is 6.60. The highest BCUT2D eigenvalue weighted by molar-refractivity contribution is 7.80. The number of hydrogen-bond acceptors (Lipinski definition) is 6. The average Bonchev–Trinajstić information content (AvgIpc) is 3.59. The minimum atomic E-state index is -0.912. The largest absolute Gasteiger partial charge is 0.713 e. The normalized spacial score (nSPS) is 25.0. The quantitative estimate of drug-likeness (QED) is 0.165. The van der Waals surface area contributed by atoms with E-state index in [0.717, 1.165) is 45.3 Å². The number of thiol groups is 1. The number of amides is 2. The summed E-state index contributed by atoms with van der Waals surface area (Å²) >= 11 is 4.64. The number of rotatable bonds is 13. The predicted octanol–water partition coefficient (Wildman–Crippen LogP) is 3.73. The second kappa shape index (κ2) is 13.4. The highest BCUT2D eigenvalue weighted by Crippen LogP contribution is 2.39. The van der Waals surface area contributed by atoms with Crippen molar-refractivity contribution in [3.8, 4) is 0 Å². The van der Waals surface area contributed by atoms with Crippen LogP contribution >= 0.6 is 12.6 Å². The molecule has 0 saturated carbocycles. The lowest BCUT2D eigenvalue weighted by Gasteiger charge is -2.30. The van der Waals surface area contributed by atoms with E-state index in [9.17, 15) is 29.4 Å². The van der Waals surface area contributed by atoms with Crippen LogP contribution in [0.3, 0.4) is 0 Å². The number of carbonyl (C=O) groups is 4. The second-order valence-electron chi connectivity index (χ2n) is 12.0. The number of nitrogens with one attached hydrogen (secondary N) is 3. The molecule has 1 fully saturated rings. The smallest absolute Gasteiger partial charge is 0.302 e. The van der Waals surface area contributed by atoms with Gasteiger partial charge in [-0.25, -0.2) is 5.57 Å². The van der Waals surface area contributed by atoms with E-state index < -0.39 is 11.9 Å². The first kappa shape index (κ1) is 33.0. The van der Waals surface area contributed by atoms with E-state index >= 15 is 0 Å². The molecule has 10 nitrogen and oxygen atoms in total. The summed E-state index contributed by atoms with van der Waals surface area (Å²) in [6.45, 7) is 11.5. The van der Waals surface area contributed by atoms with Crippen LogP contribution in [0.1, 0.15) is 76.4 Å². The summed E-state index contributed by atoms with van der Waals surface area (Å²) in [5.41, 5.74) is 7.21. The van der Waals surface area contributed by atoms with E-state index in [-0.39, 0.29) is 60.2 Å². The van der Waals surface area contributed by atoms with Crippen molar-refractivity contribution < 1.29 is 34.4 Å². The Kier molecular flexibility index (Phi) is 10.1. The number of aromatic amines is 1. The van der Waals surface area contributed by atoms with Crippen molar-refractivity contribution in [3.05, 3.63) is 80.8 Å². The van der Waals surface area contributed by atoms with Crippen molar-refractivity contribution in [2.24, 2.45) is 11.8 Å². The van der Waals surface area contributed by atoms with Gasteiger partial charge in [0.05, 0.1) is 5.69 Å². The molecule has 2 amide bonds. The molecule has 1 aromatic heterocycles. The van der Waals surface area contributed by atoms with Gasteiger partial charge in [0.25, 0.3) is 0 Å². The van der Waals surface area contributed by atoms with Crippen LogP contribution < -0.4 is 15.6 Å². The second-order valence-corrected chi connectivity index (χ2v) is 12.8. The zero-order valence-corrected chi connectivity index (χ0v) is 27.0. The molecule has 4 rings (SSSR count). The summed E-state index contributed by atoms with van der Waals surface area (Å²) in [5.74, 6) is -1.40. The fourth-order valence-electron chi connectivity index (χ4n) is 6.59. The van der Waals surface area contributed by atoms with E-state index in [1.54, 1.807) is 6.42 Å². The molecule has 11 heteroatoms. The van der Waals surface area contributed by atoms with Crippen LogP contribution in [0, 0.1) is 37.5 Å². The van der Waals surface area contributed by atoms with Crippen LogP contribution in [0.5, 0.6) is 0 Å². The summed E-state index contributed by atoms with van der Waals surface area (Å²) in [4.78, 5) is 51.5. The number of carboxylic acids is 2. The molecule has 4 heterocycles. The van der Waals surface area contributed by atoms with E-state index in [2.05, 4.69) is 33.6 Å². The Labute approximate surface area is 264 Å². The van der Waals surface area contributed by atoms with Crippen molar-refractivity contribution in [2.45, 2.75) is 91.0 Å². The topological polar surface area (TPSA) is 161 Å². The molecular formula is C33H42N4O6S-4. The number of aromatic nitrogens is 1. The molecule has 0 radical (unpaired) electrons. The Morgan fingerprint density at radius 2 is 1.84 bits per heavy atom. The molecule has 240 valence electrons. The molecule has 44 heavy (non-hydrogen) atoms. The third-order valence-electron chi connectivity index (χ3n) is 9.17. The van der Waals surface area contributed by atoms with Gasteiger partial charge >= 0.3 is 11.9 Å². The number of H-pyrrole nitrogens is 1. The lowest BCUT2D eigenvalue weighted by Crippen LogP contribution is -2.32. The third kappa shape index (κ3) is 6.77. The van der Waals surface area contributed by atoms with Crippen molar-refractivity contribution in [2.75, 3.05) is 0 Å². The first-order valence-corrected chi connectivity index (χ1v) is 15.5. The molecule has 3 aliphatic rings. The summed E-state index contributed by atoms with van der Waals surface area (Å²) in [7, 11) is 0. The maximum absolute atomic E-state index is 12.5. The zero-order valence-electron chi connectivity index (χ0n) is 26.1. The van der Waals surface area contributed by atoms with Gasteiger partial charge in [0, 0.05) is 30.1 Å². The van der Waals surface area contributed by atoms with Crippen molar-refractivity contribution in [1.82, 2.24) is 10.6 Å². The summed E-state index contributed by atoms with van der Waals surface area (Å²) in [6, 6.07) is -0.551. The van der Waals surface area contributed by atoms with Crippen molar-refractivity contribution in [1.29, 1.82) is 0 Å². The van der Waals surface area contributed by atoms with Gasteiger partial charge in [0.1, 0.15) is 0 Å². The zero-order chi connectivity index (χ0) is 32.5. The van der Waals surface area contributed by atoms with Gasteiger partial charge in [0.2, 0.25) is 5.91 Å². The van der Waals surface area contributed by atoms with Crippen LogP contribution in [0.2, 0.25) is 0 Å². The Morgan fingerprint density at radius 1 is 1.18 bits per heavy atom. The van der Waals surface area contributed by atoms with Crippen molar-refractivity contribution >= 4 is 36.4 Å². The maximum Gasteiger partial charge on any atom is 0.302 e. The van der Waals surface area contributed by atoms with Gasteiger partial charge in [0.15, 0.2) is 0 Å². The third-order valence-corrected chi connectivity index (χ3v) is 9.51. The predicted molar refractivity (Wildman–Crippen MR) is 168 cm³/mol. The Hall–Kier alpha value is -3.86. The lowest BCUT2D eigenvalue weighted by atomic mass is 9.87. The monoisotopic (exact) mass is 622 g/mol. The summed E-state index contributed by atoms with van der Waals surface area (Å²) < 4.78 is 0. The van der Waals surface area contributed by atoms with Crippen molar-refractivity contribution in [3.63, 3.8) is 0 Å². The van der Waals surface area contributed by atoms with E-state index in [1.807, 2.05) is 54.0 Å². The standard InChI is InChI=1S/C33H43N4O6S/c1-7-20-15(2)25(36-33(20)43)12-23-16(3)21(8-10-29(38)39)26(34-23)14-27-22(9-11-30(40)41)17(4)24(35-27)13-28-31(19(6)44)18(5)32(42)37-28/h7,13-14,18-19,25,28,31,34-35H,8-12H2,1-6H3,(H5,36,37,38,39,40,41,42,43,44)/q-3/p-1/b24-13+/t18-,19-,25-,28?,31+/m1/s1. The molecule has 0 bridgehead atoms. The molecule has 5 atom stereocenters. The first-order chi connectivity index (χ1) is 20.7. The number of carboxylic acid groups (broad SMARTS) is 2. The summed E-state index contributed by atoms with van der Waals surface area (Å²) in [5, 5.41) is 29.8. The van der Waals surface area contributed by atoms with Gasteiger partial charge in [-0.15, -0.1) is 11.6 Å². The van der Waals surface area contributed by atoms with Crippen LogP contribution in [-0.4, -0.2) is 51.3 Å². The number of allylic oxidation sites excluding steroid dienone is 2. The minimum absolute atomic E-state index is 0.0177. The van der Waals surface area contributed by atoms with E-state index in [0.29, 0.717) is 24.1 Å². The molecule has 0 spiro atoms. The molecular weight excluding hydrogens is 580 g/mol. The molecule has 0 aliphatic carbocycles. The molecule has 5 N–H and O–H groups in total. The maximum atomic E-state index is 12.5. The fourth-order valence-corrected chi connectivity index (χ4v) is 7.04. The van der Waals surface area contributed by atoms with Gasteiger partial charge in [-0.3, -0.25) is 14.4 Å². The Bertz CT molecular complexity index is 1440. The number of hydrogen-bond donors (Lipinski definition) is 5. The van der Waals surface area contributed by atoms with Crippen LogP contribution in [0.15, 0.2) is 34.2 Å². The highest BCUT2D eigenvalue weighted by Gasteiger charge is 2.39. The molecule has 1 saturated heterocycles. The van der Waals surface area contributed by atoms with E-state index in [4.69, 9.17) is 0 Å². The SMILES string of the molecule is C[CH-]C1=C(C)[C@@H](C[c-]2[nH+]c([CH-]C3=C(CCC(=O)O)[C-](C)/C(=C\C4NC(=O)[C@H](C)[C@H]4[C@@H](C)S)N3)c(CCC(=O)O)c2C)[N-]C1=O. The van der Waals surface area contributed by atoms with Gasteiger partial charge in [-0.05, 0) is 23.9 Å². The van der Waals surface area contributed by atoms with Gasteiger partial charge < -0.3 is 35.9 Å². The Balaban J connectivity index is 1.68. The first-order valence-electron chi connectivity index (χ1n) is 15.0. The highest BCUT2D eigenvalue weighted by atomic mass is 32.1. The van der Waals surface area contributed by atoms with Gasteiger partial charge in [-0.2, -0.15) is 54.3 Å². The van der Waals surface area contributed by atoms with E-state index in [1.165, 1.54) is 0 Å².